The van der Waals surface area contributed by atoms with Crippen LogP contribution in [-0.2, 0) is 14.3 Å². The van der Waals surface area contributed by atoms with Crippen molar-refractivity contribution in [2.24, 2.45) is 22.7 Å². The lowest BCUT2D eigenvalue weighted by Crippen LogP contribution is -2.69. The quantitative estimate of drug-likeness (QED) is 0.200. The Labute approximate surface area is 232 Å². The lowest BCUT2D eigenvalue weighted by molar-refractivity contribution is -0.343. The van der Waals surface area contributed by atoms with Crippen LogP contribution in [0.15, 0.2) is 39.8 Å². The molecule has 1 aliphatic heterocycles. The molecule has 1 aromatic heterocycles. The van der Waals surface area contributed by atoms with Crippen LogP contribution in [0.1, 0.15) is 69.8 Å². The molecule has 4 fully saturated rings. The second kappa shape index (κ2) is 9.83. The van der Waals surface area contributed by atoms with Gasteiger partial charge in [0.25, 0.3) is 0 Å². The molecule has 3 saturated carbocycles. The van der Waals surface area contributed by atoms with Gasteiger partial charge in [-0.2, -0.15) is 0 Å². The van der Waals surface area contributed by atoms with E-state index in [2.05, 4.69) is 6.92 Å². The summed E-state index contributed by atoms with van der Waals surface area (Å²) < 4.78 is 17.4. The van der Waals surface area contributed by atoms with Crippen LogP contribution in [0, 0.1) is 22.7 Å². The number of aliphatic hydroxyl groups excluding tert-OH is 4. The number of aliphatic hydroxyl groups is 5. The van der Waals surface area contributed by atoms with Gasteiger partial charge in [-0.15, -0.1) is 0 Å². The topological polar surface area (TPSA) is 167 Å². The Hall–Kier alpha value is -1.92. The summed E-state index contributed by atoms with van der Waals surface area (Å²) in [5.41, 5.74) is -3.17. The standard InChI is InChI=1S/C30H40O10/c1-27-11-6-19-20(30(27,37)13-8-18(27)17-4-5-22(33)38-15-17)7-12-29(10-3-2-9-28(19,29)16-32)40-26-25(36)24(35)23(34)21(14-31)39-26/h3-5,10,15-16,18-21,23-26,31,34-37H,2,6-9,11-14H2,1H3/t18-,19+,20-,21+,23+,24+,25+,26-,27-,28-,29+,30+/m1/s1. The van der Waals surface area contributed by atoms with E-state index in [1.54, 1.807) is 6.07 Å². The fourth-order valence-corrected chi connectivity index (χ4v) is 9.39. The van der Waals surface area contributed by atoms with Crippen molar-refractivity contribution in [3.05, 3.63) is 46.5 Å². The minimum absolute atomic E-state index is 0.0123. The van der Waals surface area contributed by atoms with E-state index in [1.807, 2.05) is 12.2 Å². The van der Waals surface area contributed by atoms with Crippen LogP contribution in [0.4, 0.5) is 0 Å². The fourth-order valence-electron chi connectivity index (χ4n) is 9.39. The molecule has 0 bridgehead atoms. The number of allylic oxidation sites excluding steroid dienone is 1. The summed E-state index contributed by atoms with van der Waals surface area (Å²) in [6.45, 7) is 1.54. The highest BCUT2D eigenvalue weighted by molar-refractivity contribution is 5.65. The van der Waals surface area contributed by atoms with Crippen LogP contribution in [0.25, 0.3) is 0 Å². The first-order chi connectivity index (χ1) is 19.1. The molecule has 10 nitrogen and oxygen atoms in total. The van der Waals surface area contributed by atoms with Crippen LogP contribution in [0.5, 0.6) is 0 Å². The van der Waals surface area contributed by atoms with Crippen molar-refractivity contribution in [1.29, 1.82) is 0 Å². The maximum Gasteiger partial charge on any atom is 0.335 e. The van der Waals surface area contributed by atoms with Gasteiger partial charge in [-0.3, -0.25) is 0 Å². The van der Waals surface area contributed by atoms with Crippen molar-refractivity contribution in [3.63, 3.8) is 0 Å². The molecule has 10 heteroatoms. The average molecular weight is 561 g/mol. The zero-order chi connectivity index (χ0) is 28.5. The zero-order valence-corrected chi connectivity index (χ0v) is 22.7. The number of carbonyl (C=O) groups excluding carboxylic acids is 1. The van der Waals surface area contributed by atoms with Crippen LogP contribution in [0.2, 0.25) is 0 Å². The lowest BCUT2D eigenvalue weighted by atomic mass is 9.42. The molecular weight excluding hydrogens is 520 g/mol. The van der Waals surface area contributed by atoms with Gasteiger partial charge in [0.15, 0.2) is 6.29 Å². The number of aldehydes is 1. The summed E-state index contributed by atoms with van der Waals surface area (Å²) in [7, 11) is 0. The van der Waals surface area contributed by atoms with Crippen LogP contribution >= 0.6 is 0 Å². The monoisotopic (exact) mass is 560 g/mol. The highest BCUT2D eigenvalue weighted by Gasteiger charge is 2.71. The van der Waals surface area contributed by atoms with E-state index in [4.69, 9.17) is 13.9 Å². The Kier molecular flexibility index (Phi) is 6.93. The first kappa shape index (κ1) is 28.2. The van der Waals surface area contributed by atoms with Crippen molar-refractivity contribution < 1.29 is 44.2 Å². The second-order valence-corrected chi connectivity index (χ2v) is 12.9. The summed E-state index contributed by atoms with van der Waals surface area (Å²) in [5.74, 6) is -0.354. The van der Waals surface area contributed by atoms with E-state index in [0.29, 0.717) is 44.9 Å². The zero-order valence-electron chi connectivity index (χ0n) is 22.7. The molecule has 5 aliphatic rings. The van der Waals surface area contributed by atoms with Gasteiger partial charge >= 0.3 is 5.63 Å². The van der Waals surface area contributed by atoms with Crippen LogP contribution < -0.4 is 5.63 Å². The Bertz CT molecular complexity index is 1190. The van der Waals surface area contributed by atoms with Gasteiger partial charge < -0.3 is 44.2 Å². The Morgan fingerprint density at radius 3 is 2.50 bits per heavy atom. The van der Waals surface area contributed by atoms with E-state index in [9.17, 15) is 35.1 Å². The van der Waals surface area contributed by atoms with Crippen LogP contribution in [0.3, 0.4) is 0 Å². The SMILES string of the molecule is C[C@]12CC[C@H]3[C@@H](CC[C@@]4(O[C@H]5O[C@@H](CO)[C@H](O)[C@H](O)[C@@H]5O)C=CCC[C@@]34C=O)[C@@]1(O)CC[C@@H]2c1ccc(=O)oc1. The molecule has 1 saturated heterocycles. The predicted octanol–water partition coefficient (Wildman–Crippen LogP) is 1.17. The molecule has 1 aromatic rings. The summed E-state index contributed by atoms with van der Waals surface area (Å²) in [4.78, 5) is 24.8. The molecule has 5 N–H and O–H groups in total. The normalized spacial score (nSPS) is 50.0. The number of fused-ring (bicyclic) bond motifs is 5. The van der Waals surface area contributed by atoms with E-state index in [0.717, 1.165) is 18.3 Å². The Morgan fingerprint density at radius 1 is 1.02 bits per heavy atom. The van der Waals surface area contributed by atoms with E-state index in [-0.39, 0.29) is 17.8 Å². The van der Waals surface area contributed by atoms with Gasteiger partial charge in [0.05, 0.1) is 23.9 Å². The average Bonchev–Trinajstić information content (AvgIpc) is 3.24. The molecule has 12 atom stereocenters. The fraction of sp³-hybridized carbons (Fsp3) is 0.733. The molecule has 40 heavy (non-hydrogen) atoms. The maximum atomic E-state index is 13.3. The first-order valence-electron chi connectivity index (χ1n) is 14.5. The largest absolute Gasteiger partial charge is 0.431 e. The van der Waals surface area contributed by atoms with E-state index >= 15 is 0 Å². The molecule has 0 radical (unpaired) electrons. The van der Waals surface area contributed by atoms with Crippen molar-refractivity contribution in [1.82, 2.24) is 0 Å². The molecule has 0 amide bonds. The lowest BCUT2D eigenvalue weighted by Gasteiger charge is -2.65. The first-order valence-corrected chi connectivity index (χ1v) is 14.5. The number of rotatable bonds is 5. The molecule has 0 spiro atoms. The highest BCUT2D eigenvalue weighted by atomic mass is 16.7. The van der Waals surface area contributed by atoms with Crippen LogP contribution in [-0.4, -0.2) is 80.3 Å². The number of carbonyl (C=O) groups is 1. The Morgan fingerprint density at radius 2 is 1.80 bits per heavy atom. The highest BCUT2D eigenvalue weighted by Crippen LogP contribution is 2.71. The summed E-state index contributed by atoms with van der Waals surface area (Å²) in [5, 5.41) is 53.6. The molecule has 4 aliphatic carbocycles. The minimum atomic E-state index is -1.59. The molecule has 0 unspecified atom stereocenters. The van der Waals surface area contributed by atoms with Gasteiger partial charge in [-0.05, 0) is 80.8 Å². The van der Waals surface area contributed by atoms with E-state index < -0.39 is 65.0 Å². The van der Waals surface area contributed by atoms with Crippen molar-refractivity contribution in [3.8, 4) is 0 Å². The maximum absolute atomic E-state index is 13.3. The number of hydrogen-bond acceptors (Lipinski definition) is 10. The van der Waals surface area contributed by atoms with Crippen molar-refractivity contribution in [2.45, 2.75) is 106 Å². The second-order valence-electron chi connectivity index (χ2n) is 12.9. The van der Waals surface area contributed by atoms with Gasteiger partial charge in [-0.25, -0.2) is 4.79 Å². The Balaban J connectivity index is 1.34. The molecule has 6 rings (SSSR count). The molecule has 0 aromatic carbocycles. The van der Waals surface area contributed by atoms with Crippen molar-refractivity contribution in [2.75, 3.05) is 6.61 Å². The van der Waals surface area contributed by atoms with Gasteiger partial charge in [0, 0.05) is 11.5 Å². The predicted molar refractivity (Wildman–Crippen MR) is 140 cm³/mol. The molecular formula is C30H40O10. The van der Waals surface area contributed by atoms with Gasteiger partial charge in [0.1, 0.15) is 36.3 Å². The number of hydrogen-bond donors (Lipinski definition) is 5. The summed E-state index contributed by atoms with van der Waals surface area (Å²) in [6, 6.07) is 3.21. The third kappa shape index (κ3) is 3.73. The van der Waals surface area contributed by atoms with Crippen molar-refractivity contribution >= 4 is 6.29 Å². The van der Waals surface area contributed by atoms with Gasteiger partial charge in [-0.1, -0.05) is 19.1 Å². The molecule has 220 valence electrons. The smallest absolute Gasteiger partial charge is 0.335 e. The van der Waals surface area contributed by atoms with E-state index in [1.165, 1.54) is 12.3 Å². The third-order valence-corrected chi connectivity index (χ3v) is 11.5. The minimum Gasteiger partial charge on any atom is -0.431 e. The van der Waals surface area contributed by atoms with Gasteiger partial charge in [0.2, 0.25) is 0 Å². The summed E-state index contributed by atoms with van der Waals surface area (Å²) >= 11 is 0. The summed E-state index contributed by atoms with van der Waals surface area (Å²) in [6.07, 6.45) is 3.95. The third-order valence-electron chi connectivity index (χ3n) is 11.5. The molecule has 2 heterocycles. The number of ether oxygens (including phenoxy) is 2.